The van der Waals surface area contributed by atoms with Crippen LogP contribution in [0.4, 0.5) is 34.1 Å². The van der Waals surface area contributed by atoms with Gasteiger partial charge in [0, 0.05) is 24.5 Å². The molecule has 8 rings (SSSR count). The number of hydrogen-bond acceptors (Lipinski definition) is 10. The molecule has 0 aliphatic carbocycles. The molecular formula is C46H44Cl2N4O6Pd. The van der Waals surface area contributed by atoms with Gasteiger partial charge in [0.15, 0.2) is 23.0 Å². The number of halogens is 2. The van der Waals surface area contributed by atoms with Crippen LogP contribution in [0.2, 0.25) is 0 Å². The molecule has 0 aromatic heterocycles. The molecule has 308 valence electrons. The molecule has 0 atom stereocenters. The molecule has 13 heteroatoms. The number of benzene rings is 6. The van der Waals surface area contributed by atoms with E-state index < -0.39 is 0 Å². The Morgan fingerprint density at radius 2 is 0.712 bits per heavy atom. The van der Waals surface area contributed by atoms with Gasteiger partial charge in [0.05, 0.1) is 65.4 Å². The van der Waals surface area contributed by atoms with Gasteiger partial charge >= 0.3 is 35.0 Å². The summed E-state index contributed by atoms with van der Waals surface area (Å²) in [7, 11) is 19.3. The summed E-state index contributed by atoms with van der Waals surface area (Å²) in [6, 6.07) is 44.9. The topological polar surface area (TPSA) is 68.3 Å². The number of para-hydroxylation sites is 6. The molecule has 0 N–H and O–H groups in total. The van der Waals surface area contributed by atoms with E-state index in [-0.39, 0.29) is 15.9 Å². The van der Waals surface area contributed by atoms with E-state index in [1.807, 2.05) is 84.9 Å². The Balaban J connectivity index is 0.000000186. The second kappa shape index (κ2) is 21.0. The zero-order valence-corrected chi connectivity index (χ0v) is 36.5. The molecular weight excluding hydrogens is 882 g/mol. The van der Waals surface area contributed by atoms with Crippen molar-refractivity contribution in [2.24, 2.45) is 0 Å². The summed E-state index contributed by atoms with van der Waals surface area (Å²) in [5, 5.41) is 0. The Kier molecular flexibility index (Phi) is 15.4. The maximum atomic E-state index is 5.49. The van der Waals surface area contributed by atoms with Gasteiger partial charge in [-0.2, -0.15) is 0 Å². The van der Waals surface area contributed by atoms with E-state index in [2.05, 4.69) is 81.5 Å². The minimum absolute atomic E-state index is 0.106. The second-order valence-electron chi connectivity index (χ2n) is 12.8. The number of hydrogen-bond donors (Lipinski definition) is 0. The predicted octanol–water partition coefficient (Wildman–Crippen LogP) is 11.1. The quantitative estimate of drug-likeness (QED) is 0.111. The predicted molar refractivity (Wildman–Crippen MR) is 233 cm³/mol. The molecule has 0 amide bonds. The van der Waals surface area contributed by atoms with E-state index in [1.54, 1.807) is 42.7 Å². The van der Waals surface area contributed by atoms with Crippen molar-refractivity contribution in [1.29, 1.82) is 0 Å². The molecule has 2 heterocycles. The van der Waals surface area contributed by atoms with Crippen LogP contribution in [0.1, 0.15) is 11.1 Å². The summed E-state index contributed by atoms with van der Waals surface area (Å²) in [4.78, 5) is 8.35. The van der Waals surface area contributed by atoms with Crippen molar-refractivity contribution in [3.05, 3.63) is 158 Å². The number of anilines is 6. The van der Waals surface area contributed by atoms with E-state index in [1.165, 1.54) is 0 Å². The molecule has 2 aliphatic heterocycles. The van der Waals surface area contributed by atoms with Gasteiger partial charge < -0.3 is 48.0 Å². The third-order valence-corrected chi connectivity index (χ3v) is 9.43. The first-order valence-electron chi connectivity index (χ1n) is 18.3. The summed E-state index contributed by atoms with van der Waals surface area (Å²) in [5.41, 5.74) is 8.60. The van der Waals surface area contributed by atoms with E-state index in [4.69, 9.17) is 47.5 Å². The minimum atomic E-state index is -0.106. The molecule has 59 heavy (non-hydrogen) atoms. The average molecular weight is 926 g/mol. The molecule has 0 bridgehead atoms. The summed E-state index contributed by atoms with van der Waals surface area (Å²) >= 11 is -0.106. The number of nitrogens with zero attached hydrogens (tertiary/aromatic N) is 4. The fraction of sp³-hybridized carbons (Fsp3) is 0.174. The molecule has 4 radical (unpaired) electrons. The van der Waals surface area contributed by atoms with E-state index in [9.17, 15) is 0 Å². The van der Waals surface area contributed by atoms with Gasteiger partial charge in [0.1, 0.15) is 0 Å². The SMILES string of the molecule is COc1cc(CN2[C]N(c3ccccc3)c3ccccc32)cc(OC)c1OC.COc1cc(CN2[C]N(c3ccccc3)c3ccccc32)cc(OC)c1OC.[Cl][Pd][Cl]. The zero-order chi connectivity index (χ0) is 41.7. The molecule has 0 saturated carbocycles. The van der Waals surface area contributed by atoms with Gasteiger partial charge in [0.2, 0.25) is 24.8 Å². The van der Waals surface area contributed by atoms with Crippen LogP contribution >= 0.6 is 19.1 Å². The van der Waals surface area contributed by atoms with Crippen LogP contribution in [0.15, 0.2) is 133 Å². The Morgan fingerprint density at radius 3 is 1.00 bits per heavy atom. The van der Waals surface area contributed by atoms with Gasteiger partial charge in [-0.25, -0.2) is 0 Å². The van der Waals surface area contributed by atoms with Crippen LogP contribution in [0.5, 0.6) is 34.5 Å². The van der Waals surface area contributed by atoms with Crippen LogP contribution in [-0.2, 0) is 29.0 Å². The van der Waals surface area contributed by atoms with Gasteiger partial charge in [-0.1, -0.05) is 60.7 Å². The normalized spacial score (nSPS) is 12.4. The Morgan fingerprint density at radius 1 is 0.424 bits per heavy atom. The molecule has 0 spiro atoms. The van der Waals surface area contributed by atoms with Gasteiger partial charge in [-0.3, -0.25) is 0 Å². The molecule has 6 aromatic carbocycles. The molecule has 0 fully saturated rings. The third kappa shape index (κ3) is 9.89. The molecule has 10 nitrogen and oxygen atoms in total. The van der Waals surface area contributed by atoms with Crippen molar-refractivity contribution in [3.63, 3.8) is 0 Å². The van der Waals surface area contributed by atoms with Crippen molar-refractivity contribution in [1.82, 2.24) is 0 Å². The Labute approximate surface area is 363 Å². The van der Waals surface area contributed by atoms with Crippen molar-refractivity contribution < 1.29 is 44.4 Å². The molecule has 0 saturated heterocycles. The van der Waals surface area contributed by atoms with Crippen LogP contribution in [0.25, 0.3) is 0 Å². The molecule has 2 aliphatic rings. The van der Waals surface area contributed by atoms with E-state index in [0.717, 1.165) is 45.3 Å². The van der Waals surface area contributed by atoms with Crippen molar-refractivity contribution >= 4 is 53.2 Å². The first kappa shape index (κ1) is 43.1. The standard InChI is InChI=1S/2C23H22N2O3.2ClH.Pd/c2*1-26-21-13-17(14-22(27-2)23(21)28-3)15-24-16-25(18-9-5-4-6-10-18)20-12-8-7-11-19(20)24;;;/h2*4-14H,15H2,1-3H3;2*1H;/q;;;;+2/p-2. The van der Waals surface area contributed by atoms with Gasteiger partial charge in [0.25, 0.3) is 0 Å². The average Bonchev–Trinajstić information content (AvgIpc) is 3.84. The molecule has 0 unspecified atom stereocenters. The van der Waals surface area contributed by atoms with Crippen molar-refractivity contribution in [2.45, 2.75) is 13.1 Å². The van der Waals surface area contributed by atoms with Crippen LogP contribution in [0, 0.1) is 13.3 Å². The third-order valence-electron chi connectivity index (χ3n) is 9.43. The van der Waals surface area contributed by atoms with Crippen LogP contribution in [-0.4, -0.2) is 42.7 Å². The fourth-order valence-corrected chi connectivity index (χ4v) is 6.83. The number of rotatable bonds is 12. The van der Waals surface area contributed by atoms with E-state index in [0.29, 0.717) is 47.6 Å². The van der Waals surface area contributed by atoms with Crippen LogP contribution in [0.3, 0.4) is 0 Å². The van der Waals surface area contributed by atoms with Crippen molar-refractivity contribution in [2.75, 3.05) is 62.3 Å². The Bertz CT molecular complexity index is 2060. The van der Waals surface area contributed by atoms with Crippen LogP contribution < -0.4 is 48.0 Å². The number of fused-ring (bicyclic) bond motifs is 2. The summed E-state index contributed by atoms with van der Waals surface area (Å²) < 4.78 is 32.8. The summed E-state index contributed by atoms with van der Waals surface area (Å²) in [6.45, 7) is 8.20. The van der Waals surface area contributed by atoms with E-state index >= 15 is 0 Å². The van der Waals surface area contributed by atoms with Gasteiger partial charge in [-0.15, -0.1) is 0 Å². The first-order valence-corrected chi connectivity index (χ1v) is 22.3. The number of methoxy groups -OCH3 is 6. The summed E-state index contributed by atoms with van der Waals surface area (Å²) in [6.07, 6.45) is 0. The molecule has 6 aromatic rings. The second-order valence-corrected chi connectivity index (χ2v) is 15.2. The zero-order valence-electron chi connectivity index (χ0n) is 33.4. The maximum absolute atomic E-state index is 5.49. The summed E-state index contributed by atoms with van der Waals surface area (Å²) in [5.74, 6) is 3.76. The Hall–Kier alpha value is -5.44. The first-order chi connectivity index (χ1) is 28.9. The van der Waals surface area contributed by atoms with Crippen molar-refractivity contribution in [3.8, 4) is 34.5 Å². The van der Waals surface area contributed by atoms with Gasteiger partial charge in [-0.05, 0) is 83.9 Å². The monoisotopic (exact) mass is 924 g/mol. The fourth-order valence-electron chi connectivity index (χ4n) is 6.83. The number of ether oxygens (including phenoxy) is 6.